The van der Waals surface area contributed by atoms with Gasteiger partial charge in [-0.1, -0.05) is 52.3 Å². The number of carbonyl (C=O) groups excluding carboxylic acids is 1. The monoisotopic (exact) mass is 373 g/mol. The molecule has 23 heavy (non-hydrogen) atoms. The molecule has 0 fully saturated rings. The lowest BCUT2D eigenvalue weighted by Gasteiger charge is -2.37. The molecule has 0 radical (unpaired) electrons. The lowest BCUT2D eigenvalue weighted by atomic mass is 9.99. The average molecular weight is 374 g/mol. The molecular formula is C19H20BrNO2. The first kappa shape index (κ1) is 16.1. The third-order valence-corrected chi connectivity index (χ3v) is 4.90. The summed E-state index contributed by atoms with van der Waals surface area (Å²) in [5.41, 5.74) is 5.34. The van der Waals surface area contributed by atoms with Crippen LogP contribution in [0.3, 0.4) is 0 Å². The summed E-state index contributed by atoms with van der Waals surface area (Å²) in [6.45, 7) is 6.70. The largest absolute Gasteiger partial charge is 0.481 e. The predicted molar refractivity (Wildman–Crippen MR) is 96.6 cm³/mol. The number of halogens is 1. The molecule has 1 atom stereocenters. The molecule has 0 saturated carbocycles. The van der Waals surface area contributed by atoms with E-state index in [-0.39, 0.29) is 12.0 Å². The van der Waals surface area contributed by atoms with Gasteiger partial charge in [-0.05, 0) is 43.0 Å². The van der Waals surface area contributed by atoms with Crippen LogP contribution in [-0.4, -0.2) is 17.8 Å². The summed E-state index contributed by atoms with van der Waals surface area (Å²) in [6, 6.07) is 12.2. The SMILES string of the molecule is Cc1cc(C)c2c(c1C)OC(c1ccccc1)CN2C(=O)CBr. The van der Waals surface area contributed by atoms with E-state index in [2.05, 4.69) is 35.8 Å². The molecule has 0 bridgehead atoms. The molecule has 0 spiro atoms. The Labute approximate surface area is 145 Å². The molecular weight excluding hydrogens is 354 g/mol. The van der Waals surface area contributed by atoms with E-state index in [9.17, 15) is 4.79 Å². The molecule has 1 unspecified atom stereocenters. The number of carbonyl (C=O) groups is 1. The molecule has 0 N–H and O–H groups in total. The van der Waals surface area contributed by atoms with Crippen molar-refractivity contribution in [2.24, 2.45) is 0 Å². The lowest BCUT2D eigenvalue weighted by Crippen LogP contribution is -2.41. The fraction of sp³-hybridized carbons (Fsp3) is 0.316. The van der Waals surface area contributed by atoms with Gasteiger partial charge in [0.1, 0.15) is 11.9 Å². The standard InChI is InChI=1S/C19H20BrNO2/c1-12-9-13(2)18-19(14(12)3)23-16(11-21(18)17(22)10-20)15-7-5-4-6-8-15/h4-9,16H,10-11H2,1-3H3. The molecule has 1 aliphatic heterocycles. The molecule has 2 aromatic carbocycles. The molecule has 0 aromatic heterocycles. The third kappa shape index (κ3) is 2.88. The van der Waals surface area contributed by atoms with E-state index < -0.39 is 0 Å². The van der Waals surface area contributed by atoms with Crippen LogP contribution >= 0.6 is 15.9 Å². The van der Waals surface area contributed by atoms with Gasteiger partial charge in [0.2, 0.25) is 5.91 Å². The Morgan fingerprint density at radius 3 is 2.57 bits per heavy atom. The molecule has 3 nitrogen and oxygen atoms in total. The Kier molecular flexibility index (Phi) is 4.44. The highest BCUT2D eigenvalue weighted by Crippen LogP contribution is 2.44. The van der Waals surface area contributed by atoms with Crippen molar-refractivity contribution in [3.05, 3.63) is 58.7 Å². The zero-order valence-corrected chi connectivity index (χ0v) is 15.2. The van der Waals surface area contributed by atoms with Gasteiger partial charge in [0.25, 0.3) is 0 Å². The van der Waals surface area contributed by atoms with E-state index in [1.165, 1.54) is 5.56 Å². The van der Waals surface area contributed by atoms with Crippen LogP contribution < -0.4 is 9.64 Å². The van der Waals surface area contributed by atoms with Crippen molar-refractivity contribution < 1.29 is 9.53 Å². The lowest BCUT2D eigenvalue weighted by molar-refractivity contribution is -0.116. The van der Waals surface area contributed by atoms with Gasteiger partial charge in [0, 0.05) is 0 Å². The minimum atomic E-state index is -0.147. The second-order valence-corrected chi connectivity index (χ2v) is 6.53. The second kappa shape index (κ2) is 6.36. The van der Waals surface area contributed by atoms with Crippen molar-refractivity contribution in [1.82, 2.24) is 0 Å². The highest BCUT2D eigenvalue weighted by Gasteiger charge is 2.33. The van der Waals surface area contributed by atoms with Crippen LogP contribution in [-0.2, 0) is 4.79 Å². The quantitative estimate of drug-likeness (QED) is 0.726. The van der Waals surface area contributed by atoms with Crippen molar-refractivity contribution >= 4 is 27.5 Å². The number of benzene rings is 2. The highest BCUT2D eigenvalue weighted by atomic mass is 79.9. The summed E-state index contributed by atoms with van der Waals surface area (Å²) in [5, 5.41) is 0.306. The molecule has 1 heterocycles. The minimum Gasteiger partial charge on any atom is -0.481 e. The average Bonchev–Trinajstić information content (AvgIpc) is 2.58. The Bertz CT molecular complexity index is 743. The fourth-order valence-electron chi connectivity index (χ4n) is 3.09. The molecule has 4 heteroatoms. The van der Waals surface area contributed by atoms with E-state index in [1.54, 1.807) is 0 Å². The summed E-state index contributed by atoms with van der Waals surface area (Å²) in [5.74, 6) is 0.888. The number of hydrogen-bond acceptors (Lipinski definition) is 2. The van der Waals surface area contributed by atoms with Gasteiger partial charge in [-0.3, -0.25) is 4.79 Å². The number of amides is 1. The normalized spacial score (nSPS) is 16.7. The van der Waals surface area contributed by atoms with Gasteiger partial charge in [-0.15, -0.1) is 0 Å². The van der Waals surface area contributed by atoms with Gasteiger partial charge < -0.3 is 9.64 Å². The third-order valence-electron chi connectivity index (χ3n) is 4.42. The zero-order chi connectivity index (χ0) is 16.6. The van der Waals surface area contributed by atoms with Crippen molar-refractivity contribution in [3.63, 3.8) is 0 Å². The van der Waals surface area contributed by atoms with E-state index in [1.807, 2.05) is 42.2 Å². The van der Waals surface area contributed by atoms with E-state index >= 15 is 0 Å². The zero-order valence-electron chi connectivity index (χ0n) is 13.6. The van der Waals surface area contributed by atoms with Crippen LogP contribution in [0.5, 0.6) is 5.75 Å². The molecule has 0 saturated heterocycles. The number of hydrogen-bond donors (Lipinski definition) is 0. The second-order valence-electron chi connectivity index (χ2n) is 5.97. The van der Waals surface area contributed by atoms with E-state index in [0.29, 0.717) is 11.9 Å². The molecule has 3 rings (SSSR count). The van der Waals surface area contributed by atoms with Crippen LogP contribution in [0.4, 0.5) is 5.69 Å². The van der Waals surface area contributed by atoms with Crippen LogP contribution in [0, 0.1) is 20.8 Å². The predicted octanol–water partition coefficient (Wildman–Crippen LogP) is 4.47. The Morgan fingerprint density at radius 1 is 1.22 bits per heavy atom. The van der Waals surface area contributed by atoms with Gasteiger partial charge in [0.15, 0.2) is 0 Å². The number of nitrogens with zero attached hydrogens (tertiary/aromatic N) is 1. The molecule has 1 aliphatic rings. The molecule has 2 aromatic rings. The fourth-order valence-corrected chi connectivity index (χ4v) is 3.40. The topological polar surface area (TPSA) is 29.5 Å². The first-order valence-corrected chi connectivity index (χ1v) is 8.83. The number of ether oxygens (including phenoxy) is 1. The first-order chi connectivity index (χ1) is 11.0. The van der Waals surface area contributed by atoms with Gasteiger partial charge in [-0.2, -0.15) is 0 Å². The minimum absolute atomic E-state index is 0.0573. The van der Waals surface area contributed by atoms with Crippen molar-refractivity contribution in [1.29, 1.82) is 0 Å². The summed E-state index contributed by atoms with van der Waals surface area (Å²) < 4.78 is 6.33. The number of alkyl halides is 1. The number of fused-ring (bicyclic) bond motifs is 1. The first-order valence-electron chi connectivity index (χ1n) is 7.71. The van der Waals surface area contributed by atoms with Crippen molar-refractivity contribution in [2.45, 2.75) is 26.9 Å². The van der Waals surface area contributed by atoms with E-state index in [0.717, 1.165) is 28.1 Å². The number of aryl methyl sites for hydroxylation is 2. The van der Waals surface area contributed by atoms with Crippen molar-refractivity contribution in [3.8, 4) is 5.75 Å². The summed E-state index contributed by atoms with van der Waals surface area (Å²) in [6.07, 6.45) is -0.147. The Hall–Kier alpha value is -1.81. The summed E-state index contributed by atoms with van der Waals surface area (Å²) >= 11 is 3.30. The van der Waals surface area contributed by atoms with Gasteiger partial charge in [-0.25, -0.2) is 0 Å². The maximum atomic E-state index is 12.5. The van der Waals surface area contributed by atoms with Crippen LogP contribution in [0.1, 0.15) is 28.4 Å². The summed E-state index contributed by atoms with van der Waals surface area (Å²) in [7, 11) is 0. The number of anilines is 1. The van der Waals surface area contributed by atoms with Crippen LogP contribution in [0.25, 0.3) is 0 Å². The van der Waals surface area contributed by atoms with Crippen LogP contribution in [0.2, 0.25) is 0 Å². The maximum Gasteiger partial charge on any atom is 0.237 e. The maximum absolute atomic E-state index is 12.5. The highest BCUT2D eigenvalue weighted by molar-refractivity contribution is 9.09. The Balaban J connectivity index is 2.13. The number of rotatable bonds is 2. The van der Waals surface area contributed by atoms with Gasteiger partial charge in [0.05, 0.1) is 17.6 Å². The van der Waals surface area contributed by atoms with E-state index in [4.69, 9.17) is 4.74 Å². The molecule has 1 amide bonds. The molecule has 120 valence electrons. The van der Waals surface area contributed by atoms with Gasteiger partial charge >= 0.3 is 0 Å². The van der Waals surface area contributed by atoms with Crippen molar-refractivity contribution in [2.75, 3.05) is 16.8 Å². The summed E-state index contributed by atoms with van der Waals surface area (Å²) in [4.78, 5) is 14.3. The molecule has 0 aliphatic carbocycles. The Morgan fingerprint density at radius 2 is 1.91 bits per heavy atom. The van der Waals surface area contributed by atoms with Crippen LogP contribution in [0.15, 0.2) is 36.4 Å². The smallest absolute Gasteiger partial charge is 0.237 e.